The monoisotopic (exact) mass is 346 g/mol. The zero-order valence-corrected chi connectivity index (χ0v) is 12.6. The first-order chi connectivity index (χ1) is 11.2. The minimum atomic E-state index is -3.44. The molecule has 0 aliphatic heterocycles. The molecule has 0 aromatic rings. The fourth-order valence-corrected chi connectivity index (χ4v) is 1.41. The summed E-state index contributed by atoms with van der Waals surface area (Å²) in [4.78, 5) is 34.0. The van der Waals surface area contributed by atoms with Gasteiger partial charge in [0.25, 0.3) is 0 Å². The van der Waals surface area contributed by atoms with Crippen molar-refractivity contribution in [1.82, 2.24) is 0 Å². The molecule has 0 aliphatic carbocycles. The van der Waals surface area contributed by atoms with Crippen LogP contribution in [0.15, 0.2) is 38.0 Å². The van der Waals surface area contributed by atoms with Crippen molar-refractivity contribution in [1.29, 1.82) is 0 Å². The number of aliphatic hydroxyl groups is 4. The van der Waals surface area contributed by atoms with Crippen LogP contribution in [0, 0.1) is 5.41 Å². The number of hydrogen-bond donors (Lipinski definition) is 4. The smallest absolute Gasteiger partial charge is 0.390 e. The molecule has 0 aromatic heterocycles. The molecular formula is C14H18O10. The van der Waals surface area contributed by atoms with E-state index in [1.54, 1.807) is 0 Å². The van der Waals surface area contributed by atoms with Gasteiger partial charge < -0.3 is 34.6 Å². The van der Waals surface area contributed by atoms with E-state index in [1.165, 1.54) is 0 Å². The van der Waals surface area contributed by atoms with Crippen LogP contribution in [0.3, 0.4) is 0 Å². The maximum absolute atomic E-state index is 11.4. The Kier molecular flexibility index (Phi) is 7.99. The van der Waals surface area contributed by atoms with E-state index in [-0.39, 0.29) is 0 Å². The van der Waals surface area contributed by atoms with Gasteiger partial charge in [0, 0.05) is 18.2 Å². The summed E-state index contributed by atoms with van der Waals surface area (Å²) >= 11 is 0. The van der Waals surface area contributed by atoms with E-state index in [0.717, 1.165) is 0 Å². The first-order valence-electron chi connectivity index (χ1n) is 6.32. The fraction of sp³-hybridized carbons (Fsp3) is 0.357. The van der Waals surface area contributed by atoms with Gasteiger partial charge in [0.1, 0.15) is 0 Å². The first kappa shape index (κ1) is 21.5. The lowest BCUT2D eigenvalue weighted by Crippen LogP contribution is -2.64. The molecule has 0 bridgehead atoms. The molecule has 0 saturated carbocycles. The molecule has 0 rings (SSSR count). The number of aliphatic hydroxyl groups excluding tert-OH is 3. The summed E-state index contributed by atoms with van der Waals surface area (Å²) in [6, 6.07) is 0. The van der Waals surface area contributed by atoms with Gasteiger partial charge in [0.2, 0.25) is 6.29 Å². The van der Waals surface area contributed by atoms with E-state index in [4.69, 9.17) is 0 Å². The number of carbonyl (C=O) groups excluding carboxylic acids is 3. The summed E-state index contributed by atoms with van der Waals surface area (Å²) < 4.78 is 13.3. The highest BCUT2D eigenvalue weighted by molar-refractivity contribution is 5.83. The van der Waals surface area contributed by atoms with Crippen LogP contribution in [-0.4, -0.2) is 63.8 Å². The molecule has 0 aliphatic rings. The van der Waals surface area contributed by atoms with Crippen molar-refractivity contribution in [2.24, 2.45) is 5.41 Å². The molecule has 4 N–H and O–H groups in total. The largest absolute Gasteiger partial charge is 0.432 e. The molecule has 0 heterocycles. The third-order valence-corrected chi connectivity index (χ3v) is 2.87. The number of esters is 3. The van der Waals surface area contributed by atoms with Gasteiger partial charge in [-0.15, -0.1) is 0 Å². The lowest BCUT2D eigenvalue weighted by molar-refractivity contribution is -0.413. The van der Waals surface area contributed by atoms with Crippen LogP contribution in [0.5, 0.6) is 0 Å². The minimum absolute atomic E-state index is 0.564. The molecule has 0 spiro atoms. The van der Waals surface area contributed by atoms with E-state index in [0.29, 0.717) is 18.2 Å². The second-order valence-corrected chi connectivity index (χ2v) is 4.30. The molecule has 10 heteroatoms. The summed E-state index contributed by atoms with van der Waals surface area (Å²) in [5.41, 5.74) is -2.76. The first-order valence-corrected chi connectivity index (χ1v) is 6.32. The Morgan fingerprint density at radius 1 is 0.917 bits per heavy atom. The van der Waals surface area contributed by atoms with E-state index < -0.39 is 48.8 Å². The van der Waals surface area contributed by atoms with E-state index in [2.05, 4.69) is 33.9 Å². The van der Waals surface area contributed by atoms with Crippen LogP contribution in [0.1, 0.15) is 0 Å². The van der Waals surface area contributed by atoms with Gasteiger partial charge >= 0.3 is 23.9 Å². The Labute approximate surface area is 136 Å². The molecule has 134 valence electrons. The maximum Gasteiger partial charge on any atom is 0.390 e. The highest BCUT2D eigenvalue weighted by Crippen LogP contribution is 2.38. The normalized spacial score (nSPS) is 12.5. The van der Waals surface area contributed by atoms with Crippen molar-refractivity contribution < 1.29 is 49.0 Å². The van der Waals surface area contributed by atoms with Gasteiger partial charge in [-0.3, -0.25) is 0 Å². The van der Waals surface area contributed by atoms with Crippen molar-refractivity contribution in [3.63, 3.8) is 0 Å². The van der Waals surface area contributed by atoms with Crippen LogP contribution < -0.4 is 0 Å². The highest BCUT2D eigenvalue weighted by Gasteiger charge is 2.63. The van der Waals surface area contributed by atoms with Crippen molar-refractivity contribution in [2.45, 2.75) is 12.3 Å². The minimum Gasteiger partial charge on any atom is -0.432 e. The molecule has 24 heavy (non-hydrogen) atoms. The molecular weight excluding hydrogens is 328 g/mol. The number of hydrogen-bond acceptors (Lipinski definition) is 10. The quantitative estimate of drug-likeness (QED) is 0.200. The standard InChI is InChI=1S/C14H18O10/c1-4-9(17)22-12(20)13(7-15,8-16)14(21,23-10(18)5-2)24-11(19)6-3/h4-6,12,15-16,20-21H,1-3,7-8H2. The second-order valence-electron chi connectivity index (χ2n) is 4.30. The lowest BCUT2D eigenvalue weighted by Gasteiger charge is -2.43. The summed E-state index contributed by atoms with van der Waals surface area (Å²) in [7, 11) is 0. The number of ether oxygens (including phenoxy) is 3. The second kappa shape index (κ2) is 8.93. The van der Waals surface area contributed by atoms with Gasteiger partial charge in [-0.2, -0.15) is 0 Å². The Hall–Kier alpha value is -2.53. The number of rotatable bonds is 10. The molecule has 1 atom stereocenters. The molecule has 0 aromatic carbocycles. The summed E-state index contributed by atoms with van der Waals surface area (Å²) in [5, 5.41) is 39.4. The molecule has 10 nitrogen and oxygen atoms in total. The fourth-order valence-electron chi connectivity index (χ4n) is 1.41. The maximum atomic E-state index is 11.4. The Morgan fingerprint density at radius 3 is 1.58 bits per heavy atom. The summed E-state index contributed by atoms with van der Waals surface area (Å²) in [6.45, 7) is 6.47. The third kappa shape index (κ3) is 4.49. The van der Waals surface area contributed by atoms with Gasteiger partial charge in [0.15, 0.2) is 5.41 Å². The summed E-state index contributed by atoms with van der Waals surface area (Å²) in [6.07, 6.45) is -0.714. The van der Waals surface area contributed by atoms with Crippen LogP contribution >= 0.6 is 0 Å². The van der Waals surface area contributed by atoms with E-state index in [9.17, 15) is 34.8 Å². The van der Waals surface area contributed by atoms with Crippen LogP contribution in [0.25, 0.3) is 0 Å². The van der Waals surface area contributed by atoms with Gasteiger partial charge in [-0.05, 0) is 0 Å². The van der Waals surface area contributed by atoms with Gasteiger partial charge in [-0.1, -0.05) is 19.7 Å². The zero-order chi connectivity index (χ0) is 19.0. The Morgan fingerprint density at radius 2 is 1.29 bits per heavy atom. The Bertz CT molecular complexity index is 498. The molecule has 0 fully saturated rings. The molecule has 0 amide bonds. The SMILES string of the molecule is C=CC(=O)OC(O)C(CO)(CO)C(O)(OC(=O)C=C)OC(=O)C=C. The number of carbonyl (C=O) groups is 3. The predicted octanol–water partition coefficient (Wildman–Crippen LogP) is -1.89. The van der Waals surface area contributed by atoms with Crippen molar-refractivity contribution in [3.05, 3.63) is 38.0 Å². The molecule has 0 radical (unpaired) electrons. The third-order valence-electron chi connectivity index (χ3n) is 2.87. The topological polar surface area (TPSA) is 160 Å². The molecule has 0 saturated heterocycles. The van der Waals surface area contributed by atoms with Crippen molar-refractivity contribution >= 4 is 17.9 Å². The average Bonchev–Trinajstić information content (AvgIpc) is 2.55. The average molecular weight is 346 g/mol. The van der Waals surface area contributed by atoms with Crippen LogP contribution in [-0.2, 0) is 28.6 Å². The Balaban J connectivity index is 6.06. The summed E-state index contributed by atoms with van der Waals surface area (Å²) in [5.74, 6) is -7.33. The highest BCUT2D eigenvalue weighted by atomic mass is 16.8. The van der Waals surface area contributed by atoms with Crippen LogP contribution in [0.2, 0.25) is 0 Å². The van der Waals surface area contributed by atoms with Crippen molar-refractivity contribution in [2.75, 3.05) is 13.2 Å². The molecule has 1 unspecified atom stereocenters. The van der Waals surface area contributed by atoms with Gasteiger partial charge in [-0.25, -0.2) is 14.4 Å². The van der Waals surface area contributed by atoms with Crippen molar-refractivity contribution in [3.8, 4) is 0 Å². The predicted molar refractivity (Wildman–Crippen MR) is 76.4 cm³/mol. The van der Waals surface area contributed by atoms with E-state index >= 15 is 0 Å². The lowest BCUT2D eigenvalue weighted by atomic mass is 9.85. The van der Waals surface area contributed by atoms with E-state index in [1.807, 2.05) is 0 Å². The van der Waals surface area contributed by atoms with Gasteiger partial charge in [0.05, 0.1) is 13.2 Å². The zero-order valence-electron chi connectivity index (χ0n) is 12.6. The van der Waals surface area contributed by atoms with Crippen LogP contribution in [0.4, 0.5) is 0 Å².